The highest BCUT2D eigenvalue weighted by Gasteiger charge is 2.09. The molecule has 1 rings (SSSR count). The highest BCUT2D eigenvalue weighted by molar-refractivity contribution is 5.87. The van der Waals surface area contributed by atoms with Crippen LogP contribution in [0.15, 0.2) is 72.9 Å². The average Bonchev–Trinajstić information content (AvgIpc) is 2.75. The topological polar surface area (TPSA) is 74.6 Å². The van der Waals surface area contributed by atoms with Crippen LogP contribution in [-0.4, -0.2) is 22.2 Å². The molecule has 4 nitrogen and oxygen atoms in total. The van der Waals surface area contributed by atoms with E-state index in [2.05, 4.69) is 25.2 Å². The summed E-state index contributed by atoms with van der Waals surface area (Å²) >= 11 is 0. The lowest BCUT2D eigenvalue weighted by atomic mass is 9.93. The fourth-order valence-electron chi connectivity index (χ4n) is 3.25. The second-order valence-electron chi connectivity index (χ2n) is 7.61. The second-order valence-corrected chi connectivity index (χ2v) is 7.61. The number of unbranched alkanes of at least 4 members (excludes halogenated alkanes) is 6. The molecule has 0 heterocycles. The zero-order valence-corrected chi connectivity index (χ0v) is 18.6. The SMILES string of the molecule is CCCCCCCCC=CC=CC=CC(CCC=CC(=O)O)c1ccc(C(=O)O)cc1. The third kappa shape index (κ3) is 13.1. The molecule has 2 N–H and O–H groups in total. The van der Waals surface area contributed by atoms with Gasteiger partial charge in [-0.2, -0.15) is 0 Å². The molecule has 0 aliphatic heterocycles. The van der Waals surface area contributed by atoms with E-state index in [1.807, 2.05) is 30.4 Å². The highest BCUT2D eigenvalue weighted by Crippen LogP contribution is 2.24. The lowest BCUT2D eigenvalue weighted by molar-refractivity contribution is -0.131. The van der Waals surface area contributed by atoms with Crippen LogP contribution in [0.25, 0.3) is 0 Å². The largest absolute Gasteiger partial charge is 0.478 e. The number of carbonyl (C=O) groups is 2. The lowest BCUT2D eigenvalue weighted by Crippen LogP contribution is -1.99. The Bertz CT molecular complexity index is 754. The number of rotatable bonds is 16. The van der Waals surface area contributed by atoms with E-state index >= 15 is 0 Å². The molecule has 1 aromatic carbocycles. The minimum Gasteiger partial charge on any atom is -0.478 e. The van der Waals surface area contributed by atoms with Crippen LogP contribution in [0.4, 0.5) is 0 Å². The van der Waals surface area contributed by atoms with Crippen LogP contribution in [0.5, 0.6) is 0 Å². The van der Waals surface area contributed by atoms with E-state index in [4.69, 9.17) is 10.2 Å². The molecular formula is C27H36O4. The molecule has 168 valence electrons. The van der Waals surface area contributed by atoms with Crippen molar-refractivity contribution in [3.63, 3.8) is 0 Å². The van der Waals surface area contributed by atoms with Crippen molar-refractivity contribution in [3.05, 3.63) is 84.0 Å². The van der Waals surface area contributed by atoms with Crippen LogP contribution in [0.2, 0.25) is 0 Å². The van der Waals surface area contributed by atoms with Crippen molar-refractivity contribution in [3.8, 4) is 0 Å². The van der Waals surface area contributed by atoms with Gasteiger partial charge in [-0.25, -0.2) is 9.59 Å². The Balaban J connectivity index is 2.56. The van der Waals surface area contributed by atoms with Crippen LogP contribution in [0, 0.1) is 0 Å². The lowest BCUT2D eigenvalue weighted by Gasteiger charge is -2.12. The van der Waals surface area contributed by atoms with Gasteiger partial charge in [-0.3, -0.25) is 0 Å². The Hall–Kier alpha value is -2.88. The van der Waals surface area contributed by atoms with Crippen molar-refractivity contribution in [2.75, 3.05) is 0 Å². The molecule has 0 bridgehead atoms. The first kappa shape index (κ1) is 26.2. The molecule has 31 heavy (non-hydrogen) atoms. The molecule has 0 radical (unpaired) electrons. The van der Waals surface area contributed by atoms with Crippen LogP contribution in [-0.2, 0) is 4.79 Å². The Morgan fingerprint density at radius 3 is 2.19 bits per heavy atom. The third-order valence-electron chi connectivity index (χ3n) is 5.03. The summed E-state index contributed by atoms with van der Waals surface area (Å²) in [5.74, 6) is -1.81. The van der Waals surface area contributed by atoms with Crippen molar-refractivity contribution < 1.29 is 19.8 Å². The summed E-state index contributed by atoms with van der Waals surface area (Å²) in [6.45, 7) is 2.23. The van der Waals surface area contributed by atoms with Gasteiger partial charge in [-0.1, -0.05) is 93.7 Å². The number of aliphatic carboxylic acids is 1. The predicted octanol–water partition coefficient (Wildman–Crippen LogP) is 7.31. The smallest absolute Gasteiger partial charge is 0.335 e. The predicted molar refractivity (Wildman–Crippen MR) is 128 cm³/mol. The minimum absolute atomic E-state index is 0.0815. The van der Waals surface area contributed by atoms with Crippen LogP contribution in [0.3, 0.4) is 0 Å². The maximum Gasteiger partial charge on any atom is 0.335 e. The quantitative estimate of drug-likeness (QED) is 0.166. The van der Waals surface area contributed by atoms with E-state index in [0.29, 0.717) is 6.42 Å². The highest BCUT2D eigenvalue weighted by atomic mass is 16.4. The van der Waals surface area contributed by atoms with E-state index in [9.17, 15) is 9.59 Å². The summed E-state index contributed by atoms with van der Waals surface area (Å²) in [4.78, 5) is 21.7. The van der Waals surface area contributed by atoms with Gasteiger partial charge in [0, 0.05) is 12.0 Å². The molecule has 0 amide bonds. The van der Waals surface area contributed by atoms with Gasteiger partial charge in [0.05, 0.1) is 5.56 Å². The number of hydrogen-bond acceptors (Lipinski definition) is 2. The molecule has 1 atom stereocenters. The van der Waals surface area contributed by atoms with Crippen molar-refractivity contribution in [2.24, 2.45) is 0 Å². The van der Waals surface area contributed by atoms with Crippen molar-refractivity contribution in [1.29, 1.82) is 0 Å². The van der Waals surface area contributed by atoms with Gasteiger partial charge >= 0.3 is 11.9 Å². The average molecular weight is 425 g/mol. The number of carboxylic acids is 2. The molecular weight excluding hydrogens is 388 g/mol. The molecule has 0 spiro atoms. The van der Waals surface area contributed by atoms with Gasteiger partial charge in [0.15, 0.2) is 0 Å². The summed E-state index contributed by atoms with van der Waals surface area (Å²) in [5.41, 5.74) is 1.27. The maximum absolute atomic E-state index is 11.1. The number of carboxylic acid groups (broad SMARTS) is 2. The van der Waals surface area contributed by atoms with Gasteiger partial charge in [0.25, 0.3) is 0 Å². The Kier molecular flexibility index (Phi) is 14.2. The Labute approximate surface area is 186 Å². The Morgan fingerprint density at radius 2 is 1.52 bits per heavy atom. The first-order valence-electron chi connectivity index (χ1n) is 11.3. The third-order valence-corrected chi connectivity index (χ3v) is 5.03. The van der Waals surface area contributed by atoms with Crippen molar-refractivity contribution in [1.82, 2.24) is 0 Å². The molecule has 1 unspecified atom stereocenters. The zero-order chi connectivity index (χ0) is 22.7. The fraction of sp³-hybridized carbons (Fsp3) is 0.407. The van der Waals surface area contributed by atoms with Gasteiger partial charge in [0.2, 0.25) is 0 Å². The summed E-state index contributed by atoms with van der Waals surface area (Å²) in [6, 6.07) is 6.85. The number of hydrogen-bond donors (Lipinski definition) is 2. The second kappa shape index (κ2) is 16.9. The maximum atomic E-state index is 11.1. The fourth-order valence-corrected chi connectivity index (χ4v) is 3.25. The van der Waals surface area contributed by atoms with Crippen molar-refractivity contribution >= 4 is 11.9 Å². The molecule has 0 saturated carbocycles. The first-order valence-corrected chi connectivity index (χ1v) is 11.3. The number of allylic oxidation sites excluding steroid dienone is 7. The summed E-state index contributed by atoms with van der Waals surface area (Å²) < 4.78 is 0. The van der Waals surface area contributed by atoms with Gasteiger partial charge in [0.1, 0.15) is 0 Å². The van der Waals surface area contributed by atoms with E-state index < -0.39 is 11.9 Å². The van der Waals surface area contributed by atoms with E-state index in [1.165, 1.54) is 38.5 Å². The molecule has 1 aromatic rings. The summed E-state index contributed by atoms with van der Waals surface area (Å²) in [7, 11) is 0. The molecule has 0 aliphatic rings. The standard InChI is InChI=1S/C27H36O4/c1-2-3-4-5-6-7-8-9-10-11-12-13-16-23(17-14-15-18-26(28)29)24-19-21-25(22-20-24)27(30)31/h9-13,15-16,18-23H,2-8,14,17H2,1H3,(H,28,29)(H,30,31). The number of benzene rings is 1. The van der Waals surface area contributed by atoms with Gasteiger partial charge in [-0.05, 0) is 43.4 Å². The van der Waals surface area contributed by atoms with Gasteiger partial charge < -0.3 is 10.2 Å². The minimum atomic E-state index is -0.950. The van der Waals surface area contributed by atoms with E-state index in [-0.39, 0.29) is 11.5 Å². The Morgan fingerprint density at radius 1 is 0.839 bits per heavy atom. The van der Waals surface area contributed by atoms with E-state index in [0.717, 1.165) is 24.5 Å². The zero-order valence-electron chi connectivity index (χ0n) is 18.6. The normalized spacial score (nSPS) is 13.1. The molecule has 0 aromatic heterocycles. The van der Waals surface area contributed by atoms with Crippen LogP contribution in [0.1, 0.15) is 86.6 Å². The van der Waals surface area contributed by atoms with Crippen LogP contribution < -0.4 is 0 Å². The monoisotopic (exact) mass is 424 g/mol. The van der Waals surface area contributed by atoms with E-state index in [1.54, 1.807) is 18.2 Å². The molecule has 0 saturated heterocycles. The van der Waals surface area contributed by atoms with Crippen LogP contribution >= 0.6 is 0 Å². The molecule has 0 aliphatic carbocycles. The van der Waals surface area contributed by atoms with Gasteiger partial charge in [-0.15, -0.1) is 0 Å². The molecule has 4 heteroatoms. The first-order chi connectivity index (χ1) is 15.0. The van der Waals surface area contributed by atoms with Crippen molar-refractivity contribution in [2.45, 2.75) is 70.6 Å². The molecule has 0 fully saturated rings. The number of aromatic carboxylic acids is 1. The summed E-state index contributed by atoms with van der Waals surface area (Å²) in [6.07, 6.45) is 25.5. The summed E-state index contributed by atoms with van der Waals surface area (Å²) in [5, 5.41) is 17.8.